The molecule has 6 rings (SSSR count). The molecule has 3 heterocycles. The number of unbranched alkanes of at least 4 members (excludes halogenated alkanes) is 1. The number of rotatable bonds is 8. The summed E-state index contributed by atoms with van der Waals surface area (Å²) >= 11 is 5.72. The predicted octanol–water partition coefficient (Wildman–Crippen LogP) is 6.57. The van der Waals surface area contributed by atoms with Crippen molar-refractivity contribution in [3.63, 3.8) is 0 Å². The minimum atomic E-state index is 0.463. The van der Waals surface area contributed by atoms with Crippen LogP contribution in [0.5, 0.6) is 0 Å². The first kappa shape index (κ1) is 26.9. The van der Waals surface area contributed by atoms with Crippen molar-refractivity contribution in [2.24, 2.45) is 21.1 Å². The lowest BCUT2D eigenvalue weighted by Crippen LogP contribution is -2.27. The molecule has 0 N–H and O–H groups in total. The van der Waals surface area contributed by atoms with Crippen LogP contribution in [0.15, 0.2) is 72.8 Å². The Hall–Kier alpha value is -3.68. The Morgan fingerprint density at radius 3 is 1.38 bits per heavy atom. The van der Waals surface area contributed by atoms with Gasteiger partial charge >= 0.3 is 0 Å². The van der Waals surface area contributed by atoms with Crippen LogP contribution in [0, 0.1) is 0 Å². The van der Waals surface area contributed by atoms with E-state index in [1.165, 1.54) is 23.9 Å². The molecule has 0 spiro atoms. The SMILES string of the molecule is CCCCN(Cc1nc2ccccc2n1C)Cc1nc2ccccc2n1C.Cn1c(CCl)nc2ccccc21. The van der Waals surface area contributed by atoms with Gasteiger partial charge in [-0.15, -0.1) is 11.6 Å². The van der Waals surface area contributed by atoms with Crippen molar-refractivity contribution in [2.75, 3.05) is 6.54 Å². The van der Waals surface area contributed by atoms with Crippen molar-refractivity contribution in [3.8, 4) is 0 Å². The average molecular weight is 542 g/mol. The lowest BCUT2D eigenvalue weighted by atomic mass is 10.3. The molecule has 0 saturated heterocycles. The first-order valence-electron chi connectivity index (χ1n) is 13.5. The van der Waals surface area contributed by atoms with Gasteiger partial charge in [0.15, 0.2) is 0 Å². The molecule has 0 aliphatic rings. The summed E-state index contributed by atoms with van der Waals surface area (Å²) in [6.07, 6.45) is 2.36. The van der Waals surface area contributed by atoms with Crippen molar-refractivity contribution in [2.45, 2.75) is 38.7 Å². The van der Waals surface area contributed by atoms with Crippen LogP contribution in [0.25, 0.3) is 33.1 Å². The van der Waals surface area contributed by atoms with Gasteiger partial charge in [-0.2, -0.15) is 0 Å². The Balaban J connectivity index is 0.000000214. The summed E-state index contributed by atoms with van der Waals surface area (Å²) in [4.78, 5) is 16.5. The van der Waals surface area contributed by atoms with E-state index in [2.05, 4.69) is 76.4 Å². The summed E-state index contributed by atoms with van der Waals surface area (Å²) < 4.78 is 6.44. The molecule has 0 amide bonds. The molecule has 8 heteroatoms. The molecule has 3 aromatic carbocycles. The molecule has 0 unspecified atom stereocenters. The molecule has 7 nitrogen and oxygen atoms in total. The fraction of sp³-hybridized carbons (Fsp3) is 0.323. The third-order valence-electron chi connectivity index (χ3n) is 7.32. The molecule has 39 heavy (non-hydrogen) atoms. The van der Waals surface area contributed by atoms with E-state index in [1.54, 1.807) is 0 Å². The maximum absolute atomic E-state index is 5.72. The van der Waals surface area contributed by atoms with Crippen LogP contribution in [-0.4, -0.2) is 40.1 Å². The van der Waals surface area contributed by atoms with Crippen LogP contribution in [0.3, 0.4) is 0 Å². The summed E-state index contributed by atoms with van der Waals surface area (Å²) in [7, 11) is 6.20. The van der Waals surface area contributed by atoms with E-state index in [9.17, 15) is 0 Å². The van der Waals surface area contributed by atoms with Gasteiger partial charge in [0.2, 0.25) is 0 Å². The third kappa shape index (κ3) is 5.70. The van der Waals surface area contributed by atoms with Crippen LogP contribution >= 0.6 is 11.6 Å². The topological polar surface area (TPSA) is 56.7 Å². The number of halogens is 1. The van der Waals surface area contributed by atoms with Crippen molar-refractivity contribution in [1.29, 1.82) is 0 Å². The van der Waals surface area contributed by atoms with Gasteiger partial charge in [0.1, 0.15) is 17.5 Å². The van der Waals surface area contributed by atoms with Gasteiger partial charge in [-0.3, -0.25) is 4.90 Å². The predicted molar refractivity (Wildman–Crippen MR) is 161 cm³/mol. The van der Waals surface area contributed by atoms with Crippen molar-refractivity contribution in [1.82, 2.24) is 33.6 Å². The highest BCUT2D eigenvalue weighted by Crippen LogP contribution is 2.19. The second-order valence-corrected chi connectivity index (χ2v) is 10.2. The van der Waals surface area contributed by atoms with E-state index in [4.69, 9.17) is 21.6 Å². The molecule has 0 aliphatic heterocycles. The van der Waals surface area contributed by atoms with Crippen LogP contribution in [0.4, 0.5) is 0 Å². The van der Waals surface area contributed by atoms with Gasteiger partial charge in [-0.05, 0) is 49.4 Å². The Morgan fingerprint density at radius 1 is 0.615 bits per heavy atom. The highest BCUT2D eigenvalue weighted by Gasteiger charge is 2.16. The minimum absolute atomic E-state index is 0.463. The normalized spacial score (nSPS) is 11.5. The number of aromatic nitrogens is 6. The van der Waals surface area contributed by atoms with E-state index < -0.39 is 0 Å². The third-order valence-corrected chi connectivity index (χ3v) is 7.56. The standard InChI is InChI=1S/C22H27N5.C9H9ClN2/c1-4-5-14-27(15-21-23-17-10-6-8-12-19(17)25(21)2)16-22-24-18-11-7-9-13-20(18)26(22)3;1-12-8-5-3-2-4-7(8)11-9(12)6-10/h6-13H,4-5,14-16H2,1-3H3;2-5H,6H2,1H3. The van der Waals surface area contributed by atoms with Gasteiger partial charge in [-0.1, -0.05) is 49.7 Å². The highest BCUT2D eigenvalue weighted by molar-refractivity contribution is 6.16. The Labute approximate surface area is 234 Å². The van der Waals surface area contributed by atoms with Gasteiger partial charge in [-0.25, -0.2) is 15.0 Å². The number of benzene rings is 3. The van der Waals surface area contributed by atoms with Crippen LogP contribution in [-0.2, 0) is 40.1 Å². The zero-order chi connectivity index (χ0) is 27.4. The molecular formula is C31H36ClN7. The smallest absolute Gasteiger partial charge is 0.124 e. The molecule has 0 atom stereocenters. The number of nitrogens with zero attached hydrogens (tertiary/aromatic N) is 7. The number of fused-ring (bicyclic) bond motifs is 3. The first-order valence-corrected chi connectivity index (χ1v) is 14.0. The molecule has 0 aliphatic carbocycles. The monoisotopic (exact) mass is 541 g/mol. The molecule has 0 fully saturated rings. The molecule has 0 radical (unpaired) electrons. The summed E-state index contributed by atoms with van der Waals surface area (Å²) in [6.45, 7) is 4.94. The van der Waals surface area contributed by atoms with E-state index in [0.29, 0.717) is 5.88 Å². The van der Waals surface area contributed by atoms with Crippen molar-refractivity contribution < 1.29 is 0 Å². The van der Waals surface area contributed by atoms with Gasteiger partial charge < -0.3 is 13.7 Å². The minimum Gasteiger partial charge on any atom is -0.330 e. The van der Waals surface area contributed by atoms with Crippen LogP contribution < -0.4 is 0 Å². The Morgan fingerprint density at radius 2 is 1.00 bits per heavy atom. The zero-order valence-electron chi connectivity index (χ0n) is 23.2. The molecule has 6 aromatic rings. The summed E-state index contributed by atoms with van der Waals surface area (Å²) in [6, 6.07) is 24.7. The first-order chi connectivity index (χ1) is 19.0. The zero-order valence-corrected chi connectivity index (χ0v) is 23.9. The number of alkyl halides is 1. The van der Waals surface area contributed by atoms with Crippen molar-refractivity contribution >= 4 is 44.7 Å². The maximum Gasteiger partial charge on any atom is 0.124 e. The van der Waals surface area contributed by atoms with E-state index in [-0.39, 0.29) is 0 Å². The maximum atomic E-state index is 5.72. The highest BCUT2D eigenvalue weighted by atomic mass is 35.5. The van der Waals surface area contributed by atoms with Crippen molar-refractivity contribution in [3.05, 3.63) is 90.3 Å². The Bertz CT molecular complexity index is 1610. The molecule has 0 bridgehead atoms. The lowest BCUT2D eigenvalue weighted by Gasteiger charge is -2.21. The Kier molecular flexibility index (Phi) is 8.29. The lowest BCUT2D eigenvalue weighted by molar-refractivity contribution is 0.236. The van der Waals surface area contributed by atoms with E-state index in [0.717, 1.165) is 59.2 Å². The number of imidazole rings is 3. The summed E-state index contributed by atoms with van der Waals surface area (Å²) in [5, 5.41) is 0. The fourth-order valence-electron chi connectivity index (χ4n) is 4.98. The number of hydrogen-bond donors (Lipinski definition) is 0. The second kappa shape index (κ2) is 12.0. The fourth-order valence-corrected chi connectivity index (χ4v) is 5.22. The molecule has 202 valence electrons. The van der Waals surface area contributed by atoms with Gasteiger partial charge in [0.05, 0.1) is 52.1 Å². The van der Waals surface area contributed by atoms with E-state index in [1.807, 2.05) is 48.0 Å². The largest absolute Gasteiger partial charge is 0.330 e. The van der Waals surface area contributed by atoms with E-state index >= 15 is 0 Å². The second-order valence-electron chi connectivity index (χ2n) is 9.93. The summed E-state index contributed by atoms with van der Waals surface area (Å²) in [5.41, 5.74) is 6.64. The molecular weight excluding hydrogens is 506 g/mol. The van der Waals surface area contributed by atoms with Gasteiger partial charge in [0.25, 0.3) is 0 Å². The summed E-state index contributed by atoms with van der Waals surface area (Å²) in [5.74, 6) is 3.58. The number of para-hydroxylation sites is 6. The van der Waals surface area contributed by atoms with Crippen LogP contribution in [0.2, 0.25) is 0 Å². The average Bonchev–Trinajstić information content (AvgIpc) is 3.58. The van der Waals surface area contributed by atoms with Gasteiger partial charge in [0, 0.05) is 21.1 Å². The number of aryl methyl sites for hydroxylation is 3. The quantitative estimate of drug-likeness (QED) is 0.204. The molecule has 3 aromatic heterocycles. The molecule has 0 saturated carbocycles. The number of hydrogen-bond acceptors (Lipinski definition) is 4. The van der Waals surface area contributed by atoms with Crippen LogP contribution in [0.1, 0.15) is 37.2 Å².